The van der Waals surface area contributed by atoms with Crippen molar-refractivity contribution >= 4 is 23.2 Å². The number of nitrogens with zero attached hydrogens (tertiary/aromatic N) is 1. The van der Waals surface area contributed by atoms with Crippen LogP contribution >= 0.6 is 23.2 Å². The molecule has 5 heteroatoms. The van der Waals surface area contributed by atoms with Crippen molar-refractivity contribution in [2.45, 2.75) is 13.1 Å². The zero-order valence-electron chi connectivity index (χ0n) is 8.50. The Morgan fingerprint density at radius 2 is 1.94 bits per heavy atom. The molecule has 0 atom stereocenters. The van der Waals surface area contributed by atoms with Gasteiger partial charge in [0.15, 0.2) is 0 Å². The Morgan fingerprint density at radius 3 is 2.56 bits per heavy atom. The summed E-state index contributed by atoms with van der Waals surface area (Å²) in [4.78, 5) is 7.12. The Balaban J connectivity index is 1.95. The average Bonchev–Trinajstić information content (AvgIpc) is 2.75. The van der Waals surface area contributed by atoms with Crippen LogP contribution in [0, 0.1) is 0 Å². The van der Waals surface area contributed by atoms with Crippen LogP contribution in [0.4, 0.5) is 0 Å². The molecule has 84 valence electrons. The molecule has 1 aromatic heterocycles. The van der Waals surface area contributed by atoms with Crippen LogP contribution in [0.5, 0.6) is 0 Å². The summed E-state index contributed by atoms with van der Waals surface area (Å²) >= 11 is 12.1. The number of H-pyrrole nitrogens is 1. The standard InChI is InChI=1S/C11H11Cl2N3/c12-9-2-1-3-10(13)8(9)6-14-7-11-15-4-5-16-11/h1-5,14H,6-7H2,(H,15,16). The number of hydrogen-bond donors (Lipinski definition) is 2. The number of aromatic amines is 1. The van der Waals surface area contributed by atoms with Crippen LogP contribution in [0.2, 0.25) is 10.0 Å². The molecule has 0 spiro atoms. The highest BCUT2D eigenvalue weighted by atomic mass is 35.5. The number of aromatic nitrogens is 2. The lowest BCUT2D eigenvalue weighted by Crippen LogP contribution is -2.14. The first-order valence-electron chi connectivity index (χ1n) is 4.89. The molecule has 0 bridgehead atoms. The maximum Gasteiger partial charge on any atom is 0.120 e. The molecular formula is C11H11Cl2N3. The first kappa shape index (κ1) is 11.5. The van der Waals surface area contributed by atoms with E-state index in [1.54, 1.807) is 12.4 Å². The van der Waals surface area contributed by atoms with Gasteiger partial charge in [0.1, 0.15) is 5.82 Å². The van der Waals surface area contributed by atoms with Gasteiger partial charge in [0.2, 0.25) is 0 Å². The molecule has 0 aliphatic carbocycles. The highest BCUT2D eigenvalue weighted by molar-refractivity contribution is 6.35. The second-order valence-corrected chi connectivity index (χ2v) is 4.15. The Morgan fingerprint density at radius 1 is 1.19 bits per heavy atom. The van der Waals surface area contributed by atoms with Gasteiger partial charge < -0.3 is 10.3 Å². The zero-order valence-corrected chi connectivity index (χ0v) is 10.0. The quantitative estimate of drug-likeness (QED) is 0.882. The lowest BCUT2D eigenvalue weighted by atomic mass is 10.2. The van der Waals surface area contributed by atoms with Gasteiger partial charge in [-0.25, -0.2) is 4.98 Å². The van der Waals surface area contributed by atoms with Crippen molar-refractivity contribution in [1.82, 2.24) is 15.3 Å². The molecular weight excluding hydrogens is 245 g/mol. The first-order chi connectivity index (χ1) is 7.77. The van der Waals surface area contributed by atoms with E-state index in [0.29, 0.717) is 23.1 Å². The van der Waals surface area contributed by atoms with E-state index in [-0.39, 0.29) is 0 Å². The van der Waals surface area contributed by atoms with E-state index in [4.69, 9.17) is 23.2 Å². The fourth-order valence-corrected chi connectivity index (χ4v) is 1.93. The highest BCUT2D eigenvalue weighted by Crippen LogP contribution is 2.23. The predicted molar refractivity (Wildman–Crippen MR) is 65.6 cm³/mol. The van der Waals surface area contributed by atoms with E-state index >= 15 is 0 Å². The predicted octanol–water partition coefficient (Wildman–Crippen LogP) is 3.01. The first-order valence-corrected chi connectivity index (χ1v) is 5.65. The van der Waals surface area contributed by atoms with Crippen LogP contribution in [0.3, 0.4) is 0 Å². The normalized spacial score (nSPS) is 10.6. The van der Waals surface area contributed by atoms with E-state index in [2.05, 4.69) is 15.3 Å². The van der Waals surface area contributed by atoms with Gasteiger partial charge in [-0.1, -0.05) is 29.3 Å². The minimum absolute atomic E-state index is 0.624. The summed E-state index contributed by atoms with van der Waals surface area (Å²) in [6.45, 7) is 1.29. The summed E-state index contributed by atoms with van der Waals surface area (Å²) in [5.41, 5.74) is 0.914. The Hall–Kier alpha value is -1.03. The summed E-state index contributed by atoms with van der Waals surface area (Å²) < 4.78 is 0. The van der Waals surface area contributed by atoms with Gasteiger partial charge in [-0.05, 0) is 12.1 Å². The van der Waals surface area contributed by atoms with Gasteiger partial charge in [0, 0.05) is 34.5 Å². The van der Waals surface area contributed by atoms with Crippen molar-refractivity contribution in [3.05, 3.63) is 52.0 Å². The van der Waals surface area contributed by atoms with E-state index in [1.807, 2.05) is 18.2 Å². The molecule has 0 unspecified atom stereocenters. The van der Waals surface area contributed by atoms with Crippen molar-refractivity contribution in [1.29, 1.82) is 0 Å². The molecule has 1 heterocycles. The third-order valence-corrected chi connectivity index (χ3v) is 2.92. The topological polar surface area (TPSA) is 40.7 Å². The third-order valence-electron chi connectivity index (χ3n) is 2.21. The monoisotopic (exact) mass is 255 g/mol. The van der Waals surface area contributed by atoms with Gasteiger partial charge in [-0.3, -0.25) is 0 Å². The molecule has 0 fully saturated rings. The zero-order chi connectivity index (χ0) is 11.4. The minimum atomic E-state index is 0.624. The molecule has 0 aliphatic heterocycles. The number of halogens is 2. The van der Waals surface area contributed by atoms with Gasteiger partial charge in [0.25, 0.3) is 0 Å². The fourth-order valence-electron chi connectivity index (χ4n) is 1.40. The van der Waals surface area contributed by atoms with E-state index in [1.165, 1.54) is 0 Å². The summed E-state index contributed by atoms with van der Waals surface area (Å²) in [6.07, 6.45) is 3.51. The van der Waals surface area contributed by atoms with Crippen LogP contribution in [-0.2, 0) is 13.1 Å². The molecule has 2 rings (SSSR count). The number of hydrogen-bond acceptors (Lipinski definition) is 2. The Kier molecular flexibility index (Phi) is 3.83. The number of benzene rings is 1. The molecule has 2 aromatic rings. The molecule has 0 aliphatic rings. The number of nitrogens with one attached hydrogen (secondary N) is 2. The molecule has 16 heavy (non-hydrogen) atoms. The largest absolute Gasteiger partial charge is 0.348 e. The molecule has 3 nitrogen and oxygen atoms in total. The van der Waals surface area contributed by atoms with Crippen LogP contribution in [0.15, 0.2) is 30.6 Å². The van der Waals surface area contributed by atoms with Crippen LogP contribution in [0.25, 0.3) is 0 Å². The smallest absolute Gasteiger partial charge is 0.120 e. The number of rotatable bonds is 4. The Labute approximate surface area is 104 Å². The molecule has 0 amide bonds. The van der Waals surface area contributed by atoms with Crippen molar-refractivity contribution < 1.29 is 0 Å². The third kappa shape index (κ3) is 2.76. The van der Waals surface area contributed by atoms with Gasteiger partial charge in [-0.2, -0.15) is 0 Å². The lowest BCUT2D eigenvalue weighted by molar-refractivity contribution is 0.669. The highest BCUT2D eigenvalue weighted by Gasteiger charge is 2.04. The van der Waals surface area contributed by atoms with Crippen LogP contribution in [0.1, 0.15) is 11.4 Å². The van der Waals surface area contributed by atoms with Gasteiger partial charge in [-0.15, -0.1) is 0 Å². The minimum Gasteiger partial charge on any atom is -0.348 e. The van der Waals surface area contributed by atoms with E-state index in [9.17, 15) is 0 Å². The Bertz CT molecular complexity index is 434. The molecule has 1 aromatic carbocycles. The molecule has 0 saturated carbocycles. The summed E-state index contributed by atoms with van der Waals surface area (Å²) in [5, 5.41) is 4.58. The van der Waals surface area contributed by atoms with E-state index < -0.39 is 0 Å². The SMILES string of the molecule is Clc1cccc(Cl)c1CNCc1ncc[nH]1. The average molecular weight is 256 g/mol. The second kappa shape index (κ2) is 5.34. The van der Waals surface area contributed by atoms with E-state index in [0.717, 1.165) is 11.4 Å². The molecule has 2 N–H and O–H groups in total. The van der Waals surface area contributed by atoms with Crippen LogP contribution in [-0.4, -0.2) is 9.97 Å². The molecule has 0 saturated heterocycles. The van der Waals surface area contributed by atoms with Crippen molar-refractivity contribution in [2.24, 2.45) is 0 Å². The fraction of sp³-hybridized carbons (Fsp3) is 0.182. The maximum atomic E-state index is 6.04. The summed E-state index contributed by atoms with van der Waals surface area (Å²) in [7, 11) is 0. The summed E-state index contributed by atoms with van der Waals surface area (Å²) in [6, 6.07) is 5.50. The maximum absolute atomic E-state index is 6.04. The lowest BCUT2D eigenvalue weighted by Gasteiger charge is -2.07. The summed E-state index contributed by atoms with van der Waals surface area (Å²) in [5.74, 6) is 0.892. The number of imidazole rings is 1. The van der Waals surface area contributed by atoms with Crippen molar-refractivity contribution in [3.8, 4) is 0 Å². The van der Waals surface area contributed by atoms with Crippen molar-refractivity contribution in [2.75, 3.05) is 0 Å². The van der Waals surface area contributed by atoms with Crippen molar-refractivity contribution in [3.63, 3.8) is 0 Å². The van der Waals surface area contributed by atoms with Gasteiger partial charge >= 0.3 is 0 Å². The van der Waals surface area contributed by atoms with Gasteiger partial charge in [0.05, 0.1) is 6.54 Å². The molecule has 0 radical (unpaired) electrons. The van der Waals surface area contributed by atoms with Crippen LogP contribution < -0.4 is 5.32 Å². The second-order valence-electron chi connectivity index (χ2n) is 3.34.